The summed E-state index contributed by atoms with van der Waals surface area (Å²) in [6.45, 7) is 0. The maximum atomic E-state index is 13.7. The summed E-state index contributed by atoms with van der Waals surface area (Å²) in [7, 11) is 1.08. The van der Waals surface area contributed by atoms with E-state index in [9.17, 15) is 30.7 Å². The van der Waals surface area contributed by atoms with Crippen LogP contribution < -0.4 is 4.74 Å². The summed E-state index contributed by atoms with van der Waals surface area (Å²) in [6.07, 6.45) is 0. The lowest BCUT2D eigenvalue weighted by Gasteiger charge is -2.11. The van der Waals surface area contributed by atoms with E-state index in [2.05, 4.69) is 4.74 Å². The summed E-state index contributed by atoms with van der Waals surface area (Å²) in [4.78, 5) is 0. The Bertz CT molecular complexity index is 675. The Morgan fingerprint density at radius 3 is 1.38 bits per heavy atom. The first kappa shape index (κ1) is 15.1. The fraction of sp³-hybridized carbons (Fsp3) is 0.0769. The van der Waals surface area contributed by atoms with E-state index in [-0.39, 0.29) is 5.75 Å². The first-order valence-electron chi connectivity index (χ1n) is 5.34. The molecule has 0 aliphatic carbocycles. The van der Waals surface area contributed by atoms with Crippen LogP contribution in [0.2, 0.25) is 0 Å². The van der Waals surface area contributed by atoms with E-state index < -0.39 is 51.8 Å². The van der Waals surface area contributed by atoms with Gasteiger partial charge in [-0.25, -0.2) is 30.7 Å². The number of hydrogen-bond donors (Lipinski definition) is 0. The van der Waals surface area contributed by atoms with Crippen molar-refractivity contribution in [2.24, 2.45) is 0 Å². The molecule has 0 atom stereocenters. The van der Waals surface area contributed by atoms with Gasteiger partial charge in [-0.1, -0.05) is 0 Å². The molecule has 21 heavy (non-hydrogen) atoms. The summed E-state index contributed by atoms with van der Waals surface area (Å²) in [6, 6.07) is 1.10. The molecule has 0 heterocycles. The zero-order valence-corrected chi connectivity index (χ0v) is 10.2. The van der Waals surface area contributed by atoms with Crippen molar-refractivity contribution >= 4 is 0 Å². The lowest BCUT2D eigenvalue weighted by Crippen LogP contribution is -2.06. The summed E-state index contributed by atoms with van der Waals surface area (Å²) >= 11 is 0. The van der Waals surface area contributed by atoms with Crippen LogP contribution in [0.1, 0.15) is 0 Å². The number of hydrogen-bond acceptors (Lipinski definition) is 1. The van der Waals surface area contributed by atoms with Crippen molar-refractivity contribution in [3.8, 4) is 16.9 Å². The minimum Gasteiger partial charge on any atom is -0.497 e. The maximum absolute atomic E-state index is 13.7. The van der Waals surface area contributed by atoms with Gasteiger partial charge in [0, 0.05) is 12.1 Å². The smallest absolute Gasteiger partial charge is 0.200 e. The van der Waals surface area contributed by atoms with Crippen LogP contribution in [0.15, 0.2) is 12.1 Å². The SMILES string of the molecule is COc1cc(F)c(-c2c(F)c(F)c(F)c(F)c2F)c(F)c1. The number of halogens is 7. The molecule has 0 amide bonds. The first-order valence-corrected chi connectivity index (χ1v) is 5.34. The third-order valence-electron chi connectivity index (χ3n) is 2.71. The molecule has 0 fully saturated rings. The summed E-state index contributed by atoms with van der Waals surface area (Å²) < 4.78 is 98.1. The summed E-state index contributed by atoms with van der Waals surface area (Å²) in [5, 5.41) is 0. The minimum absolute atomic E-state index is 0.322. The Labute approximate surface area is 113 Å². The molecule has 0 aliphatic rings. The highest BCUT2D eigenvalue weighted by molar-refractivity contribution is 5.67. The Hall–Kier alpha value is -2.25. The third kappa shape index (κ3) is 2.30. The van der Waals surface area contributed by atoms with Crippen molar-refractivity contribution in [2.45, 2.75) is 0 Å². The molecule has 2 rings (SSSR count). The zero-order valence-electron chi connectivity index (χ0n) is 10.2. The van der Waals surface area contributed by atoms with Gasteiger partial charge in [0.05, 0.1) is 18.2 Å². The largest absolute Gasteiger partial charge is 0.497 e. The molecule has 8 heteroatoms. The van der Waals surface area contributed by atoms with Gasteiger partial charge in [-0.2, -0.15) is 0 Å². The first-order chi connectivity index (χ1) is 9.79. The van der Waals surface area contributed by atoms with Crippen LogP contribution in [0.25, 0.3) is 11.1 Å². The molecule has 2 aromatic carbocycles. The topological polar surface area (TPSA) is 9.23 Å². The molecule has 2 aromatic rings. The number of ether oxygens (including phenoxy) is 1. The van der Waals surface area contributed by atoms with E-state index >= 15 is 0 Å². The van der Waals surface area contributed by atoms with Crippen LogP contribution in [0.4, 0.5) is 30.7 Å². The molecular formula is C13H5F7O. The highest BCUT2D eigenvalue weighted by Crippen LogP contribution is 2.36. The second kappa shape index (κ2) is 5.27. The number of rotatable bonds is 2. The van der Waals surface area contributed by atoms with Gasteiger partial charge in [-0.15, -0.1) is 0 Å². The molecule has 0 aromatic heterocycles. The van der Waals surface area contributed by atoms with Crippen molar-refractivity contribution < 1.29 is 35.5 Å². The lowest BCUT2D eigenvalue weighted by atomic mass is 10.0. The van der Waals surface area contributed by atoms with Gasteiger partial charge >= 0.3 is 0 Å². The third-order valence-corrected chi connectivity index (χ3v) is 2.71. The average Bonchev–Trinajstić information content (AvgIpc) is 2.45. The average molecular weight is 310 g/mol. The van der Waals surface area contributed by atoms with Crippen LogP contribution in [-0.4, -0.2) is 7.11 Å². The van der Waals surface area contributed by atoms with Crippen molar-refractivity contribution in [3.05, 3.63) is 52.9 Å². The van der Waals surface area contributed by atoms with E-state index in [1.54, 1.807) is 0 Å². The molecule has 0 N–H and O–H groups in total. The molecule has 0 saturated heterocycles. The number of benzene rings is 2. The van der Waals surface area contributed by atoms with E-state index in [1.807, 2.05) is 0 Å². The van der Waals surface area contributed by atoms with Gasteiger partial charge in [0.15, 0.2) is 23.3 Å². The van der Waals surface area contributed by atoms with Crippen molar-refractivity contribution in [1.29, 1.82) is 0 Å². The van der Waals surface area contributed by atoms with Gasteiger partial charge in [0.2, 0.25) is 5.82 Å². The Kier molecular flexibility index (Phi) is 3.80. The highest BCUT2D eigenvalue weighted by atomic mass is 19.2. The van der Waals surface area contributed by atoms with E-state index in [0.29, 0.717) is 12.1 Å². The van der Waals surface area contributed by atoms with Crippen LogP contribution in [0.3, 0.4) is 0 Å². The van der Waals surface area contributed by atoms with Crippen LogP contribution >= 0.6 is 0 Å². The van der Waals surface area contributed by atoms with E-state index in [0.717, 1.165) is 7.11 Å². The quantitative estimate of drug-likeness (QED) is 0.455. The van der Waals surface area contributed by atoms with Gasteiger partial charge in [-0.05, 0) is 0 Å². The van der Waals surface area contributed by atoms with Gasteiger partial charge in [0.1, 0.15) is 17.4 Å². The van der Waals surface area contributed by atoms with Gasteiger partial charge < -0.3 is 4.74 Å². The molecule has 0 radical (unpaired) electrons. The van der Waals surface area contributed by atoms with Crippen molar-refractivity contribution in [1.82, 2.24) is 0 Å². The molecule has 0 bridgehead atoms. The van der Waals surface area contributed by atoms with Crippen LogP contribution in [-0.2, 0) is 0 Å². The van der Waals surface area contributed by atoms with Crippen LogP contribution in [0.5, 0.6) is 5.75 Å². The second-order valence-electron chi connectivity index (χ2n) is 3.91. The molecule has 0 unspecified atom stereocenters. The molecule has 0 saturated carbocycles. The van der Waals surface area contributed by atoms with E-state index in [1.165, 1.54) is 0 Å². The predicted octanol–water partition coefficient (Wildman–Crippen LogP) is 4.34. The standard InChI is InChI=1S/C13H5F7O/c1-21-4-2-5(14)7(6(15)3-4)8-9(16)11(18)13(20)12(19)10(8)17/h2-3H,1H3. The van der Waals surface area contributed by atoms with Crippen molar-refractivity contribution in [3.63, 3.8) is 0 Å². The zero-order chi connectivity index (χ0) is 15.9. The van der Waals surface area contributed by atoms with Crippen LogP contribution in [0, 0.1) is 40.7 Å². The van der Waals surface area contributed by atoms with E-state index in [4.69, 9.17) is 0 Å². The second-order valence-corrected chi connectivity index (χ2v) is 3.91. The summed E-state index contributed by atoms with van der Waals surface area (Å²) in [5.41, 5.74) is -3.05. The normalized spacial score (nSPS) is 10.9. The molecule has 0 aliphatic heterocycles. The summed E-state index contributed by atoms with van der Waals surface area (Å²) in [5.74, 6) is -15.0. The lowest BCUT2D eigenvalue weighted by molar-refractivity contribution is 0.380. The minimum atomic E-state index is -2.41. The molecule has 112 valence electrons. The highest BCUT2D eigenvalue weighted by Gasteiger charge is 2.30. The predicted molar refractivity (Wildman–Crippen MR) is 58.1 cm³/mol. The van der Waals surface area contributed by atoms with Gasteiger partial charge in [0.25, 0.3) is 0 Å². The maximum Gasteiger partial charge on any atom is 0.200 e. The molecule has 0 spiro atoms. The Balaban J connectivity index is 2.86. The fourth-order valence-electron chi connectivity index (χ4n) is 1.73. The number of methoxy groups -OCH3 is 1. The monoisotopic (exact) mass is 310 g/mol. The molecular weight excluding hydrogens is 305 g/mol. The molecule has 1 nitrogen and oxygen atoms in total. The fourth-order valence-corrected chi connectivity index (χ4v) is 1.73. The Morgan fingerprint density at radius 1 is 0.619 bits per heavy atom. The Morgan fingerprint density at radius 2 is 1.00 bits per heavy atom. The van der Waals surface area contributed by atoms with Gasteiger partial charge in [-0.3, -0.25) is 0 Å². The van der Waals surface area contributed by atoms with Crippen molar-refractivity contribution in [2.75, 3.05) is 7.11 Å².